The minimum absolute atomic E-state index is 0.300. The molecule has 0 aliphatic heterocycles. The molecule has 0 heterocycles. The number of aliphatic hydroxyl groups excluding tert-OH is 1. The Morgan fingerprint density at radius 3 is 2.05 bits per heavy atom. The predicted octanol–water partition coefficient (Wildman–Crippen LogP) is 3.92. The van der Waals surface area contributed by atoms with E-state index in [1.54, 1.807) is 24.3 Å². The van der Waals surface area contributed by atoms with Gasteiger partial charge in [-0.3, -0.25) is 4.79 Å². The van der Waals surface area contributed by atoms with E-state index in [1.807, 2.05) is 36.4 Å². The second-order valence-corrected chi connectivity index (χ2v) is 6.47. The summed E-state index contributed by atoms with van der Waals surface area (Å²) >= 11 is 6.93. The lowest BCUT2D eigenvalue weighted by Crippen LogP contribution is -2.41. The molecule has 104 valence electrons. The molecule has 2 rings (SSSR count). The third-order valence-electron chi connectivity index (χ3n) is 3.19. The Bertz CT molecular complexity index is 572. The molecule has 2 aromatic carbocycles. The van der Waals surface area contributed by atoms with Crippen LogP contribution in [-0.2, 0) is 4.32 Å². The number of rotatable bonds is 5. The number of halogens is 2. The number of benzene rings is 2. The number of hydrogen-bond donors (Lipinski definition) is 1. The molecule has 0 bridgehead atoms. The Labute approximate surface area is 135 Å². The van der Waals surface area contributed by atoms with E-state index in [0.717, 1.165) is 5.56 Å². The summed E-state index contributed by atoms with van der Waals surface area (Å²) in [4.78, 5) is 12.4. The van der Waals surface area contributed by atoms with Crippen LogP contribution in [0.15, 0.2) is 60.7 Å². The summed E-state index contributed by atoms with van der Waals surface area (Å²) < 4.78 is -0.846. The highest BCUT2D eigenvalue weighted by Crippen LogP contribution is 2.38. The van der Waals surface area contributed by atoms with Gasteiger partial charge in [0.15, 0.2) is 5.78 Å². The fraction of sp³-hybridized carbons (Fsp3) is 0.188. The van der Waals surface area contributed by atoms with Crippen LogP contribution < -0.4 is 0 Å². The fourth-order valence-corrected chi connectivity index (χ4v) is 3.09. The van der Waals surface area contributed by atoms with E-state index in [1.165, 1.54) is 0 Å². The third kappa shape index (κ3) is 3.03. The van der Waals surface area contributed by atoms with Gasteiger partial charge in [-0.1, -0.05) is 92.5 Å². The topological polar surface area (TPSA) is 37.3 Å². The quantitative estimate of drug-likeness (QED) is 0.613. The molecule has 0 saturated carbocycles. The van der Waals surface area contributed by atoms with Crippen molar-refractivity contribution >= 4 is 37.6 Å². The van der Waals surface area contributed by atoms with Crippen LogP contribution in [0.25, 0.3) is 0 Å². The lowest BCUT2D eigenvalue weighted by molar-refractivity contribution is 0.0681. The van der Waals surface area contributed by atoms with Gasteiger partial charge in [-0.2, -0.15) is 0 Å². The smallest absolute Gasteiger partial charge is 0.193 e. The van der Waals surface area contributed by atoms with E-state index >= 15 is 0 Å². The fourth-order valence-electron chi connectivity index (χ4n) is 1.99. The second kappa shape index (κ2) is 6.66. The SMILES string of the molecule is O=C(c1ccccc1)[C@H](O)[C@@](Br)(CBr)c1ccccc1. The molecule has 4 heteroatoms. The normalized spacial score (nSPS) is 15.3. The van der Waals surface area contributed by atoms with Gasteiger partial charge in [-0.15, -0.1) is 0 Å². The molecule has 0 aliphatic rings. The molecule has 0 spiro atoms. The molecule has 0 fully saturated rings. The monoisotopic (exact) mass is 396 g/mol. The van der Waals surface area contributed by atoms with Crippen LogP contribution in [0.4, 0.5) is 0 Å². The Balaban J connectivity index is 2.34. The van der Waals surface area contributed by atoms with Gasteiger partial charge in [0.2, 0.25) is 0 Å². The van der Waals surface area contributed by atoms with Gasteiger partial charge < -0.3 is 5.11 Å². The average molecular weight is 398 g/mol. The molecule has 0 aliphatic carbocycles. The molecular formula is C16H14Br2O2. The number of carbonyl (C=O) groups is 1. The van der Waals surface area contributed by atoms with E-state index in [4.69, 9.17) is 0 Å². The molecule has 2 nitrogen and oxygen atoms in total. The second-order valence-electron chi connectivity index (χ2n) is 4.49. The summed E-state index contributed by atoms with van der Waals surface area (Å²) in [7, 11) is 0. The van der Waals surface area contributed by atoms with E-state index in [2.05, 4.69) is 31.9 Å². The minimum Gasteiger partial charge on any atom is -0.383 e. The summed E-state index contributed by atoms with van der Waals surface area (Å²) in [5.74, 6) is -0.300. The van der Waals surface area contributed by atoms with Gasteiger partial charge in [-0.05, 0) is 5.56 Å². The van der Waals surface area contributed by atoms with Crippen molar-refractivity contribution in [3.05, 3.63) is 71.8 Å². The zero-order chi connectivity index (χ0) is 14.6. The van der Waals surface area contributed by atoms with Crippen molar-refractivity contribution in [1.29, 1.82) is 0 Å². The lowest BCUT2D eigenvalue weighted by Gasteiger charge is -2.30. The van der Waals surface area contributed by atoms with Crippen molar-refractivity contribution in [1.82, 2.24) is 0 Å². The molecular weight excluding hydrogens is 384 g/mol. The molecule has 0 amide bonds. The first-order valence-corrected chi connectivity index (χ1v) is 8.09. The summed E-state index contributed by atoms with van der Waals surface area (Å²) in [5.41, 5.74) is 1.36. The first-order valence-electron chi connectivity index (χ1n) is 6.17. The van der Waals surface area contributed by atoms with Gasteiger partial charge in [0.05, 0.1) is 4.32 Å². The Kier molecular flexibility index (Phi) is 5.13. The van der Waals surface area contributed by atoms with Gasteiger partial charge in [0, 0.05) is 10.9 Å². The van der Waals surface area contributed by atoms with E-state index in [0.29, 0.717) is 10.9 Å². The van der Waals surface area contributed by atoms with Gasteiger partial charge in [-0.25, -0.2) is 0 Å². The molecule has 0 unspecified atom stereocenters. The minimum atomic E-state index is -1.17. The molecule has 2 atom stereocenters. The number of carbonyl (C=O) groups excluding carboxylic acids is 1. The first-order chi connectivity index (χ1) is 9.59. The van der Waals surface area contributed by atoms with Crippen molar-refractivity contribution in [2.24, 2.45) is 0 Å². The van der Waals surface area contributed by atoms with Crippen molar-refractivity contribution in [2.45, 2.75) is 10.4 Å². The molecule has 0 saturated heterocycles. The maximum atomic E-state index is 12.4. The lowest BCUT2D eigenvalue weighted by atomic mass is 9.90. The van der Waals surface area contributed by atoms with Crippen LogP contribution in [0.5, 0.6) is 0 Å². The summed E-state index contributed by atoms with van der Waals surface area (Å²) in [6.07, 6.45) is -1.17. The molecule has 0 aromatic heterocycles. The number of ketones is 1. The maximum Gasteiger partial charge on any atom is 0.193 e. The van der Waals surface area contributed by atoms with Crippen LogP contribution in [0.2, 0.25) is 0 Å². The van der Waals surface area contributed by atoms with Gasteiger partial charge >= 0.3 is 0 Å². The van der Waals surface area contributed by atoms with Crippen LogP contribution in [0.1, 0.15) is 15.9 Å². The van der Waals surface area contributed by atoms with Crippen LogP contribution in [0.3, 0.4) is 0 Å². The van der Waals surface area contributed by atoms with E-state index in [9.17, 15) is 9.90 Å². The zero-order valence-electron chi connectivity index (χ0n) is 10.7. The Hall–Kier alpha value is -0.970. The Morgan fingerprint density at radius 2 is 1.55 bits per heavy atom. The van der Waals surface area contributed by atoms with Crippen LogP contribution >= 0.6 is 31.9 Å². The number of alkyl halides is 2. The first kappa shape index (κ1) is 15.4. The van der Waals surface area contributed by atoms with Crippen molar-refractivity contribution < 1.29 is 9.90 Å². The highest BCUT2D eigenvalue weighted by Gasteiger charge is 2.40. The molecule has 2 aromatic rings. The zero-order valence-corrected chi connectivity index (χ0v) is 13.8. The third-order valence-corrected chi connectivity index (χ3v) is 6.00. The summed E-state index contributed by atoms with van der Waals surface area (Å²) in [6.45, 7) is 0. The van der Waals surface area contributed by atoms with Gasteiger partial charge in [0.1, 0.15) is 6.10 Å². The van der Waals surface area contributed by atoms with Crippen molar-refractivity contribution in [2.75, 3.05) is 5.33 Å². The Morgan fingerprint density at radius 1 is 1.05 bits per heavy atom. The van der Waals surface area contributed by atoms with Crippen molar-refractivity contribution in [3.8, 4) is 0 Å². The number of Topliss-reactive ketones (excluding diaryl/α,β-unsaturated/α-hetero) is 1. The number of hydrogen-bond acceptors (Lipinski definition) is 2. The maximum absolute atomic E-state index is 12.4. The van der Waals surface area contributed by atoms with E-state index < -0.39 is 10.4 Å². The van der Waals surface area contributed by atoms with Crippen LogP contribution in [0, 0.1) is 0 Å². The summed E-state index contributed by atoms with van der Waals surface area (Å²) in [6, 6.07) is 18.3. The summed E-state index contributed by atoms with van der Waals surface area (Å²) in [5, 5.41) is 10.9. The largest absolute Gasteiger partial charge is 0.383 e. The number of aliphatic hydroxyl groups is 1. The average Bonchev–Trinajstić information content (AvgIpc) is 2.54. The van der Waals surface area contributed by atoms with Crippen molar-refractivity contribution in [3.63, 3.8) is 0 Å². The molecule has 20 heavy (non-hydrogen) atoms. The van der Waals surface area contributed by atoms with Gasteiger partial charge in [0.25, 0.3) is 0 Å². The molecule has 0 radical (unpaired) electrons. The molecule has 1 N–H and O–H groups in total. The highest BCUT2D eigenvalue weighted by atomic mass is 79.9. The highest BCUT2D eigenvalue weighted by molar-refractivity contribution is 9.12. The van der Waals surface area contributed by atoms with E-state index in [-0.39, 0.29) is 5.78 Å². The standard InChI is InChI=1S/C16H14Br2O2/c17-11-16(18,13-9-5-2-6-10-13)15(20)14(19)12-7-3-1-4-8-12/h1-10,15,20H,11H2/t15-,16+/m0/s1. The van der Waals surface area contributed by atoms with Crippen LogP contribution in [-0.4, -0.2) is 22.3 Å². The predicted molar refractivity (Wildman–Crippen MR) is 87.6 cm³/mol.